The van der Waals surface area contributed by atoms with Crippen molar-refractivity contribution in [2.75, 3.05) is 12.4 Å². The minimum absolute atomic E-state index is 0.199. The molecule has 1 N–H and O–H groups in total. The van der Waals surface area contributed by atoms with Gasteiger partial charge in [0.1, 0.15) is 5.69 Å². The summed E-state index contributed by atoms with van der Waals surface area (Å²) < 4.78 is 6.00. The Bertz CT molecular complexity index is 620. The maximum absolute atomic E-state index is 12.1. The van der Waals surface area contributed by atoms with Crippen molar-refractivity contribution in [3.63, 3.8) is 0 Å². The van der Waals surface area contributed by atoms with E-state index in [0.29, 0.717) is 6.54 Å². The molecule has 0 fully saturated rings. The van der Waals surface area contributed by atoms with Gasteiger partial charge in [0.05, 0.1) is 13.7 Å². The highest BCUT2D eigenvalue weighted by molar-refractivity contribution is 5.84. The van der Waals surface area contributed by atoms with Gasteiger partial charge in [0.15, 0.2) is 0 Å². The molecule has 2 rings (SSSR count). The van der Waals surface area contributed by atoms with Gasteiger partial charge in [0.2, 0.25) is 0 Å². The molecule has 0 bridgehead atoms. The van der Waals surface area contributed by atoms with E-state index < -0.39 is 6.09 Å². The molecule has 0 spiro atoms. The molecule has 0 aliphatic heterocycles. The highest BCUT2D eigenvalue weighted by Crippen LogP contribution is 2.03. The van der Waals surface area contributed by atoms with Crippen molar-refractivity contribution in [2.45, 2.75) is 6.54 Å². The zero-order chi connectivity index (χ0) is 13.7. The monoisotopic (exact) mass is 258 g/mol. The lowest BCUT2D eigenvalue weighted by Crippen LogP contribution is -2.25. The number of ether oxygens (including phenoxy) is 1. The van der Waals surface area contributed by atoms with Crippen molar-refractivity contribution in [3.8, 4) is 0 Å². The van der Waals surface area contributed by atoms with E-state index in [9.17, 15) is 9.59 Å². The number of anilines is 1. The van der Waals surface area contributed by atoms with Crippen LogP contribution in [-0.4, -0.2) is 17.8 Å². The highest BCUT2D eigenvalue weighted by atomic mass is 16.5. The molecular weight excluding hydrogens is 244 g/mol. The van der Waals surface area contributed by atoms with Gasteiger partial charge in [-0.25, -0.2) is 4.79 Å². The summed E-state index contributed by atoms with van der Waals surface area (Å²) >= 11 is 0. The lowest BCUT2D eigenvalue weighted by molar-refractivity contribution is 0.187. The Morgan fingerprint density at radius 2 is 1.95 bits per heavy atom. The van der Waals surface area contributed by atoms with Gasteiger partial charge in [-0.1, -0.05) is 30.3 Å². The van der Waals surface area contributed by atoms with Crippen LogP contribution < -0.4 is 10.9 Å². The molecule has 1 aromatic heterocycles. The average molecular weight is 258 g/mol. The van der Waals surface area contributed by atoms with Crippen LogP contribution in [0, 0.1) is 0 Å². The Labute approximate surface area is 110 Å². The van der Waals surface area contributed by atoms with Crippen LogP contribution in [-0.2, 0) is 11.3 Å². The summed E-state index contributed by atoms with van der Waals surface area (Å²) in [4.78, 5) is 23.2. The maximum atomic E-state index is 12.1. The quantitative estimate of drug-likeness (QED) is 0.916. The van der Waals surface area contributed by atoms with E-state index in [2.05, 4.69) is 10.1 Å². The number of hydrogen-bond donors (Lipinski definition) is 1. The Hall–Kier alpha value is -2.56. The van der Waals surface area contributed by atoms with E-state index in [1.165, 1.54) is 11.7 Å². The number of hydrogen-bond acceptors (Lipinski definition) is 3. The maximum Gasteiger partial charge on any atom is 0.411 e. The first-order valence-corrected chi connectivity index (χ1v) is 5.79. The van der Waals surface area contributed by atoms with E-state index in [-0.39, 0.29) is 11.2 Å². The fourth-order valence-electron chi connectivity index (χ4n) is 1.70. The van der Waals surface area contributed by atoms with E-state index in [0.717, 1.165) is 5.56 Å². The number of nitrogens with zero attached hydrogens (tertiary/aromatic N) is 1. The van der Waals surface area contributed by atoms with Gasteiger partial charge in [-0.3, -0.25) is 10.1 Å². The van der Waals surface area contributed by atoms with Crippen LogP contribution in [0.15, 0.2) is 53.5 Å². The molecule has 19 heavy (non-hydrogen) atoms. The zero-order valence-electron chi connectivity index (χ0n) is 10.5. The topological polar surface area (TPSA) is 60.3 Å². The molecule has 0 radical (unpaired) electrons. The van der Waals surface area contributed by atoms with Gasteiger partial charge in [0, 0.05) is 6.20 Å². The number of methoxy groups -OCH3 is 1. The predicted molar refractivity (Wildman–Crippen MR) is 72.3 cm³/mol. The molecule has 1 amide bonds. The number of benzene rings is 1. The Kier molecular flexibility index (Phi) is 3.97. The number of amides is 1. The summed E-state index contributed by atoms with van der Waals surface area (Å²) in [6.45, 7) is 0.455. The highest BCUT2D eigenvalue weighted by Gasteiger charge is 2.07. The first-order valence-electron chi connectivity index (χ1n) is 5.79. The minimum atomic E-state index is -0.658. The molecular formula is C14H14N2O3. The van der Waals surface area contributed by atoms with E-state index in [1.54, 1.807) is 18.3 Å². The lowest BCUT2D eigenvalue weighted by Gasteiger charge is -2.08. The second-order valence-corrected chi connectivity index (χ2v) is 3.96. The Morgan fingerprint density at radius 1 is 1.21 bits per heavy atom. The molecule has 0 unspecified atom stereocenters. The summed E-state index contributed by atoms with van der Waals surface area (Å²) in [5.41, 5.74) is 0.946. The third kappa shape index (κ3) is 3.22. The summed E-state index contributed by atoms with van der Waals surface area (Å²) in [6.07, 6.45) is 1.02. The largest absolute Gasteiger partial charge is 0.453 e. The molecule has 0 saturated carbocycles. The fraction of sp³-hybridized carbons (Fsp3) is 0.143. The van der Waals surface area contributed by atoms with Crippen LogP contribution >= 0.6 is 0 Å². The van der Waals surface area contributed by atoms with Crippen LogP contribution in [0.4, 0.5) is 10.5 Å². The second kappa shape index (κ2) is 5.86. The fourth-order valence-corrected chi connectivity index (χ4v) is 1.70. The van der Waals surface area contributed by atoms with Crippen LogP contribution in [0.3, 0.4) is 0 Å². The number of aromatic nitrogens is 1. The van der Waals surface area contributed by atoms with Crippen molar-refractivity contribution < 1.29 is 9.53 Å². The average Bonchev–Trinajstić information content (AvgIpc) is 2.44. The second-order valence-electron chi connectivity index (χ2n) is 3.96. The molecule has 0 aliphatic carbocycles. The van der Waals surface area contributed by atoms with E-state index in [4.69, 9.17) is 0 Å². The first-order chi connectivity index (χ1) is 9.20. The lowest BCUT2D eigenvalue weighted by atomic mass is 10.2. The Balaban J connectivity index is 2.25. The number of carbonyl (C=O) groups is 1. The third-order valence-corrected chi connectivity index (χ3v) is 2.64. The third-order valence-electron chi connectivity index (χ3n) is 2.64. The van der Waals surface area contributed by atoms with Gasteiger partial charge in [-0.05, 0) is 17.7 Å². The Morgan fingerprint density at radius 3 is 2.63 bits per heavy atom. The molecule has 0 saturated heterocycles. The minimum Gasteiger partial charge on any atom is -0.453 e. The molecule has 0 aliphatic rings. The van der Waals surface area contributed by atoms with Gasteiger partial charge >= 0.3 is 6.09 Å². The van der Waals surface area contributed by atoms with Crippen molar-refractivity contribution in [2.24, 2.45) is 0 Å². The molecule has 0 atom stereocenters. The van der Waals surface area contributed by atoms with Crippen LogP contribution in [0.25, 0.3) is 0 Å². The van der Waals surface area contributed by atoms with Gasteiger partial charge in [0.25, 0.3) is 5.56 Å². The summed E-state index contributed by atoms with van der Waals surface area (Å²) in [5, 5.41) is 2.39. The molecule has 1 heterocycles. The number of carbonyl (C=O) groups excluding carboxylic acids is 1. The van der Waals surface area contributed by atoms with Crippen LogP contribution in [0.5, 0.6) is 0 Å². The summed E-state index contributed by atoms with van der Waals surface area (Å²) in [5.74, 6) is 0. The first kappa shape index (κ1) is 12.9. The zero-order valence-corrected chi connectivity index (χ0v) is 10.5. The molecule has 1 aromatic carbocycles. The van der Waals surface area contributed by atoms with Crippen LogP contribution in [0.2, 0.25) is 0 Å². The van der Waals surface area contributed by atoms with Crippen LogP contribution in [0.1, 0.15) is 5.56 Å². The summed E-state index contributed by atoms with van der Waals surface area (Å²) in [6, 6.07) is 12.9. The van der Waals surface area contributed by atoms with Crippen molar-refractivity contribution in [1.82, 2.24) is 4.57 Å². The van der Waals surface area contributed by atoms with Crippen molar-refractivity contribution >= 4 is 11.8 Å². The molecule has 98 valence electrons. The van der Waals surface area contributed by atoms with Crippen molar-refractivity contribution in [1.29, 1.82) is 0 Å². The molecule has 5 heteroatoms. The SMILES string of the molecule is COC(=O)Nc1cccn(Cc2ccccc2)c1=O. The smallest absolute Gasteiger partial charge is 0.411 e. The van der Waals surface area contributed by atoms with Gasteiger partial charge in [-0.15, -0.1) is 0 Å². The van der Waals surface area contributed by atoms with Gasteiger partial charge < -0.3 is 9.30 Å². The standard InChI is InChI=1S/C14H14N2O3/c1-19-14(18)15-12-8-5-9-16(13(12)17)10-11-6-3-2-4-7-11/h2-9H,10H2,1H3,(H,15,18). The molecule has 2 aromatic rings. The normalized spacial score (nSPS) is 9.95. The number of nitrogens with one attached hydrogen (secondary N) is 1. The molecule has 5 nitrogen and oxygen atoms in total. The summed E-state index contributed by atoms with van der Waals surface area (Å²) in [7, 11) is 1.25. The van der Waals surface area contributed by atoms with E-state index in [1.807, 2.05) is 30.3 Å². The van der Waals surface area contributed by atoms with Gasteiger partial charge in [-0.2, -0.15) is 0 Å². The van der Waals surface area contributed by atoms with E-state index >= 15 is 0 Å². The number of rotatable bonds is 3. The number of pyridine rings is 1. The predicted octanol–water partition coefficient (Wildman–Crippen LogP) is 2.07. The van der Waals surface area contributed by atoms with Crippen molar-refractivity contribution in [3.05, 3.63) is 64.6 Å².